The molecular formula is C21H23N7O. The van der Waals surface area contributed by atoms with Gasteiger partial charge in [0.2, 0.25) is 5.95 Å². The van der Waals surface area contributed by atoms with Crippen molar-refractivity contribution in [2.24, 2.45) is 5.92 Å². The number of aliphatic hydroxyl groups is 1. The summed E-state index contributed by atoms with van der Waals surface area (Å²) < 4.78 is 1.99. The molecule has 4 rings (SSSR count). The predicted molar refractivity (Wildman–Crippen MR) is 112 cm³/mol. The van der Waals surface area contributed by atoms with E-state index in [-0.39, 0.29) is 24.6 Å². The van der Waals surface area contributed by atoms with E-state index in [9.17, 15) is 10.4 Å². The molecule has 1 aliphatic carbocycles. The van der Waals surface area contributed by atoms with Crippen LogP contribution in [0.2, 0.25) is 0 Å². The van der Waals surface area contributed by atoms with Crippen molar-refractivity contribution in [1.82, 2.24) is 19.5 Å². The number of rotatable bonds is 6. The maximum atomic E-state index is 9.40. The number of aliphatic hydroxyl groups excluding tert-OH is 1. The van der Waals surface area contributed by atoms with E-state index in [2.05, 4.69) is 40.5 Å². The fourth-order valence-corrected chi connectivity index (χ4v) is 3.45. The highest BCUT2D eigenvalue weighted by molar-refractivity contribution is 5.87. The lowest BCUT2D eigenvalue weighted by atomic mass is 10.1. The van der Waals surface area contributed by atoms with Gasteiger partial charge in [-0.05, 0) is 32.4 Å². The number of hydrogen-bond acceptors (Lipinski definition) is 7. The average molecular weight is 389 g/mol. The molecule has 148 valence electrons. The van der Waals surface area contributed by atoms with Crippen LogP contribution in [-0.2, 0) is 0 Å². The van der Waals surface area contributed by atoms with Gasteiger partial charge in [-0.2, -0.15) is 15.2 Å². The number of imidazole rings is 1. The van der Waals surface area contributed by atoms with Gasteiger partial charge in [-0.25, -0.2) is 4.98 Å². The minimum atomic E-state index is 0.0549. The molecule has 2 atom stereocenters. The average Bonchev–Trinajstić information content (AvgIpc) is 3.35. The Morgan fingerprint density at radius 1 is 1.28 bits per heavy atom. The monoisotopic (exact) mass is 389 g/mol. The van der Waals surface area contributed by atoms with Gasteiger partial charge in [-0.15, -0.1) is 0 Å². The zero-order chi connectivity index (χ0) is 20.4. The first-order chi connectivity index (χ1) is 14.1. The van der Waals surface area contributed by atoms with Gasteiger partial charge in [0.05, 0.1) is 17.6 Å². The van der Waals surface area contributed by atoms with Gasteiger partial charge >= 0.3 is 0 Å². The summed E-state index contributed by atoms with van der Waals surface area (Å²) in [5, 5.41) is 25.4. The van der Waals surface area contributed by atoms with E-state index in [1.54, 1.807) is 12.4 Å². The Bertz CT molecular complexity index is 1100. The Kier molecular flexibility index (Phi) is 5.14. The molecule has 8 heteroatoms. The molecule has 1 aliphatic rings. The highest BCUT2D eigenvalue weighted by Gasteiger charge is 2.21. The molecule has 8 nitrogen and oxygen atoms in total. The molecule has 0 radical (unpaired) electrons. The van der Waals surface area contributed by atoms with E-state index in [1.165, 1.54) is 0 Å². The Balaban J connectivity index is 1.74. The number of nitrogens with zero attached hydrogens (tertiary/aromatic N) is 5. The van der Waals surface area contributed by atoms with Crippen molar-refractivity contribution in [1.29, 1.82) is 5.26 Å². The summed E-state index contributed by atoms with van der Waals surface area (Å²) in [5.41, 5.74) is 2.56. The number of para-hydroxylation sites is 1. The molecule has 2 aromatic heterocycles. The SMILES string of the molecule is CC(C)n1cnc2c(Nc3ccccc3C#N)nc(N[C@@H]3C=C[C@H](CO)C3)nc21. The lowest BCUT2D eigenvalue weighted by Gasteiger charge is -2.15. The summed E-state index contributed by atoms with van der Waals surface area (Å²) in [6, 6.07) is 9.72. The molecule has 0 amide bonds. The smallest absolute Gasteiger partial charge is 0.227 e. The number of nitrogens with one attached hydrogen (secondary N) is 2. The number of aromatic nitrogens is 4. The lowest BCUT2D eigenvalue weighted by molar-refractivity contribution is 0.250. The summed E-state index contributed by atoms with van der Waals surface area (Å²) in [7, 11) is 0. The molecule has 0 spiro atoms. The number of fused-ring (bicyclic) bond motifs is 1. The van der Waals surface area contributed by atoms with E-state index in [1.807, 2.05) is 34.9 Å². The molecule has 0 aliphatic heterocycles. The summed E-state index contributed by atoms with van der Waals surface area (Å²) in [5.74, 6) is 1.17. The van der Waals surface area contributed by atoms with E-state index in [0.29, 0.717) is 28.5 Å². The van der Waals surface area contributed by atoms with Crippen LogP contribution in [-0.4, -0.2) is 37.3 Å². The second-order valence-electron chi connectivity index (χ2n) is 7.41. The van der Waals surface area contributed by atoms with Crippen molar-refractivity contribution >= 4 is 28.6 Å². The topological polar surface area (TPSA) is 112 Å². The molecule has 0 unspecified atom stereocenters. The van der Waals surface area contributed by atoms with Crippen LogP contribution in [0, 0.1) is 17.2 Å². The highest BCUT2D eigenvalue weighted by Crippen LogP contribution is 2.28. The minimum Gasteiger partial charge on any atom is -0.396 e. The molecule has 0 saturated carbocycles. The standard InChI is InChI=1S/C21H23N7O/c1-13(2)28-12-23-18-19(25-17-6-4-3-5-15(17)10-22)26-21(27-20(18)28)24-16-8-7-14(9-16)11-29/h3-8,12-14,16,29H,9,11H2,1-2H3,(H2,24,25,26,27)/t14-,16+/m0/s1. The molecule has 3 N–H and O–H groups in total. The second kappa shape index (κ2) is 7.89. The number of hydrogen-bond donors (Lipinski definition) is 3. The third kappa shape index (κ3) is 3.77. The van der Waals surface area contributed by atoms with Crippen molar-refractivity contribution < 1.29 is 5.11 Å². The van der Waals surface area contributed by atoms with Gasteiger partial charge in [0, 0.05) is 24.6 Å². The Hall–Kier alpha value is -3.44. The van der Waals surface area contributed by atoms with Crippen LogP contribution >= 0.6 is 0 Å². The lowest BCUT2D eigenvalue weighted by Crippen LogP contribution is -2.19. The van der Waals surface area contributed by atoms with E-state index in [4.69, 9.17) is 4.98 Å². The summed E-state index contributed by atoms with van der Waals surface area (Å²) in [6.45, 7) is 4.27. The van der Waals surface area contributed by atoms with Gasteiger partial charge in [-0.3, -0.25) is 0 Å². The fourth-order valence-electron chi connectivity index (χ4n) is 3.45. The van der Waals surface area contributed by atoms with Crippen LogP contribution in [0.3, 0.4) is 0 Å². The first-order valence-corrected chi connectivity index (χ1v) is 9.65. The van der Waals surface area contributed by atoms with E-state index < -0.39 is 0 Å². The molecule has 3 aromatic rings. The second-order valence-corrected chi connectivity index (χ2v) is 7.41. The number of benzene rings is 1. The zero-order valence-electron chi connectivity index (χ0n) is 16.4. The zero-order valence-corrected chi connectivity index (χ0v) is 16.4. The highest BCUT2D eigenvalue weighted by atomic mass is 16.3. The van der Waals surface area contributed by atoms with E-state index in [0.717, 1.165) is 12.1 Å². The Morgan fingerprint density at radius 2 is 2.10 bits per heavy atom. The summed E-state index contributed by atoms with van der Waals surface area (Å²) in [4.78, 5) is 13.8. The third-order valence-electron chi connectivity index (χ3n) is 5.00. The molecule has 0 saturated heterocycles. The normalized spacial score (nSPS) is 18.3. The molecule has 2 heterocycles. The third-order valence-corrected chi connectivity index (χ3v) is 5.00. The predicted octanol–water partition coefficient (Wildman–Crippen LogP) is 3.37. The molecule has 1 aromatic carbocycles. The Labute approximate surface area is 168 Å². The molecule has 0 bridgehead atoms. The fraction of sp³-hybridized carbons (Fsp3) is 0.333. The van der Waals surface area contributed by atoms with Crippen molar-refractivity contribution in [3.63, 3.8) is 0 Å². The minimum absolute atomic E-state index is 0.0549. The van der Waals surface area contributed by atoms with Gasteiger partial charge in [0.1, 0.15) is 6.07 Å². The summed E-state index contributed by atoms with van der Waals surface area (Å²) >= 11 is 0. The first kappa shape index (κ1) is 18.9. The van der Waals surface area contributed by atoms with Crippen LogP contribution in [0.15, 0.2) is 42.7 Å². The maximum Gasteiger partial charge on any atom is 0.227 e. The van der Waals surface area contributed by atoms with Crippen LogP contribution in [0.1, 0.15) is 31.9 Å². The largest absolute Gasteiger partial charge is 0.396 e. The van der Waals surface area contributed by atoms with Gasteiger partial charge in [-0.1, -0.05) is 24.3 Å². The first-order valence-electron chi connectivity index (χ1n) is 9.65. The molecular weight excluding hydrogens is 366 g/mol. The molecule has 0 fully saturated rings. The van der Waals surface area contributed by atoms with Crippen LogP contribution in [0.25, 0.3) is 11.2 Å². The number of anilines is 3. The van der Waals surface area contributed by atoms with Crippen molar-refractivity contribution in [2.75, 3.05) is 17.2 Å². The maximum absolute atomic E-state index is 9.40. The van der Waals surface area contributed by atoms with Crippen molar-refractivity contribution in [2.45, 2.75) is 32.4 Å². The van der Waals surface area contributed by atoms with Crippen LogP contribution < -0.4 is 10.6 Å². The van der Waals surface area contributed by atoms with Crippen molar-refractivity contribution in [3.05, 3.63) is 48.3 Å². The van der Waals surface area contributed by atoms with Gasteiger partial charge in [0.25, 0.3) is 0 Å². The van der Waals surface area contributed by atoms with E-state index >= 15 is 0 Å². The number of nitriles is 1. The van der Waals surface area contributed by atoms with Gasteiger partial charge in [0.15, 0.2) is 17.0 Å². The molecule has 29 heavy (non-hydrogen) atoms. The van der Waals surface area contributed by atoms with Crippen LogP contribution in [0.4, 0.5) is 17.5 Å². The quantitative estimate of drug-likeness (QED) is 0.554. The van der Waals surface area contributed by atoms with Crippen molar-refractivity contribution in [3.8, 4) is 6.07 Å². The van der Waals surface area contributed by atoms with Crippen LogP contribution in [0.5, 0.6) is 0 Å². The van der Waals surface area contributed by atoms with Gasteiger partial charge < -0.3 is 20.3 Å². The Morgan fingerprint density at radius 3 is 2.83 bits per heavy atom. The summed E-state index contributed by atoms with van der Waals surface area (Å²) in [6.07, 6.45) is 6.59.